The van der Waals surface area contributed by atoms with Crippen LogP contribution in [0.25, 0.3) is 0 Å². The van der Waals surface area contributed by atoms with E-state index in [4.69, 9.17) is 4.42 Å². The van der Waals surface area contributed by atoms with Gasteiger partial charge in [-0.15, -0.1) is 0 Å². The zero-order valence-corrected chi connectivity index (χ0v) is 14.7. The van der Waals surface area contributed by atoms with Crippen molar-refractivity contribution < 1.29 is 14.3 Å². The lowest BCUT2D eigenvalue weighted by Crippen LogP contribution is -2.46. The number of hydrogen-bond donors (Lipinski definition) is 1. The van der Waals surface area contributed by atoms with Gasteiger partial charge in [0.25, 0.3) is 0 Å². The number of piperidine rings is 1. The zero-order chi connectivity index (χ0) is 17.3. The molecule has 3 rings (SSSR count). The van der Waals surface area contributed by atoms with E-state index in [-0.39, 0.29) is 17.9 Å². The average molecular weight is 330 g/mol. The highest BCUT2D eigenvalue weighted by atomic mass is 16.3. The summed E-state index contributed by atoms with van der Waals surface area (Å²) in [7, 11) is 0. The van der Waals surface area contributed by atoms with E-state index in [1.807, 2.05) is 39.0 Å². The highest BCUT2D eigenvalue weighted by Crippen LogP contribution is 2.22. The Morgan fingerprint density at radius 2 is 2.25 bits per heavy atom. The fraction of sp³-hybridized carbons (Fsp3) is 0.526. The summed E-state index contributed by atoms with van der Waals surface area (Å²) < 4.78 is 7.54. The fourth-order valence-corrected chi connectivity index (χ4v) is 3.58. The number of rotatable bonds is 5. The van der Waals surface area contributed by atoms with Crippen LogP contribution in [0, 0.1) is 13.8 Å². The van der Waals surface area contributed by atoms with Crippen LogP contribution in [0.1, 0.15) is 47.3 Å². The van der Waals surface area contributed by atoms with Crippen molar-refractivity contribution in [2.45, 2.75) is 52.3 Å². The third-order valence-electron chi connectivity index (χ3n) is 5.09. The van der Waals surface area contributed by atoms with Crippen LogP contribution in [-0.4, -0.2) is 45.6 Å². The van der Waals surface area contributed by atoms with E-state index in [1.165, 1.54) is 0 Å². The van der Waals surface area contributed by atoms with Gasteiger partial charge in [0.2, 0.25) is 0 Å². The van der Waals surface area contributed by atoms with Gasteiger partial charge in [-0.3, -0.25) is 9.69 Å². The van der Waals surface area contributed by atoms with E-state index < -0.39 is 0 Å². The summed E-state index contributed by atoms with van der Waals surface area (Å²) >= 11 is 0. The van der Waals surface area contributed by atoms with Crippen molar-refractivity contribution in [1.82, 2.24) is 9.47 Å². The lowest BCUT2D eigenvalue weighted by atomic mass is 10.0. The van der Waals surface area contributed by atoms with Gasteiger partial charge in [-0.2, -0.15) is 0 Å². The summed E-state index contributed by atoms with van der Waals surface area (Å²) in [6.45, 7) is 8.03. The minimum atomic E-state index is -0.319. The lowest BCUT2D eigenvalue weighted by Gasteiger charge is -2.34. The van der Waals surface area contributed by atoms with Crippen LogP contribution in [0.3, 0.4) is 0 Å². The van der Waals surface area contributed by atoms with Gasteiger partial charge in [-0.1, -0.05) is 0 Å². The van der Waals surface area contributed by atoms with Crippen LogP contribution in [0.4, 0.5) is 0 Å². The number of carbonyl (C=O) groups excluding carboxylic acids is 1. The molecule has 0 spiro atoms. The van der Waals surface area contributed by atoms with Crippen LogP contribution in [0.2, 0.25) is 0 Å². The SMILES string of the molecule is Cc1cc(C(=O)C(C)N2CCCC(O)C2)c(C)n1Cc1ccco1. The molecule has 1 aliphatic heterocycles. The molecule has 130 valence electrons. The molecule has 0 saturated carbocycles. The summed E-state index contributed by atoms with van der Waals surface area (Å²) in [5.74, 6) is 1.01. The predicted molar refractivity (Wildman–Crippen MR) is 92.3 cm³/mol. The van der Waals surface area contributed by atoms with E-state index in [0.29, 0.717) is 13.1 Å². The molecule has 2 aromatic heterocycles. The van der Waals surface area contributed by atoms with Gasteiger partial charge >= 0.3 is 0 Å². The molecule has 5 nitrogen and oxygen atoms in total. The number of aliphatic hydroxyl groups is 1. The van der Waals surface area contributed by atoms with Crippen LogP contribution in [0.5, 0.6) is 0 Å². The minimum Gasteiger partial charge on any atom is -0.467 e. The molecule has 0 aliphatic carbocycles. The van der Waals surface area contributed by atoms with Crippen molar-refractivity contribution in [3.05, 3.63) is 47.2 Å². The molecule has 1 aliphatic rings. The number of aryl methyl sites for hydroxylation is 1. The maximum absolute atomic E-state index is 13.0. The Hall–Kier alpha value is -1.85. The molecule has 1 saturated heterocycles. The molecular formula is C19H26N2O3. The van der Waals surface area contributed by atoms with Crippen molar-refractivity contribution >= 4 is 5.78 Å². The molecule has 0 bridgehead atoms. The van der Waals surface area contributed by atoms with Crippen molar-refractivity contribution in [1.29, 1.82) is 0 Å². The van der Waals surface area contributed by atoms with Gasteiger partial charge in [-0.05, 0) is 58.4 Å². The highest BCUT2D eigenvalue weighted by molar-refractivity contribution is 6.01. The van der Waals surface area contributed by atoms with Crippen LogP contribution < -0.4 is 0 Å². The zero-order valence-electron chi connectivity index (χ0n) is 14.7. The monoisotopic (exact) mass is 330 g/mol. The molecule has 0 aromatic carbocycles. The van der Waals surface area contributed by atoms with Crippen molar-refractivity contribution in [2.24, 2.45) is 0 Å². The Kier molecular flexibility index (Phi) is 4.92. The van der Waals surface area contributed by atoms with Gasteiger partial charge in [0.15, 0.2) is 5.78 Å². The van der Waals surface area contributed by atoms with Crippen molar-refractivity contribution in [3.63, 3.8) is 0 Å². The van der Waals surface area contributed by atoms with Crippen molar-refractivity contribution in [3.8, 4) is 0 Å². The first-order chi connectivity index (χ1) is 11.5. The number of aliphatic hydroxyl groups excluding tert-OH is 1. The Bertz CT molecular complexity index is 703. The number of carbonyl (C=O) groups is 1. The second-order valence-electron chi connectivity index (χ2n) is 6.78. The van der Waals surface area contributed by atoms with E-state index in [1.54, 1.807) is 6.26 Å². The Labute approximate surface area is 142 Å². The second-order valence-corrected chi connectivity index (χ2v) is 6.78. The Morgan fingerprint density at radius 1 is 1.46 bits per heavy atom. The van der Waals surface area contributed by atoms with Crippen molar-refractivity contribution in [2.75, 3.05) is 13.1 Å². The summed E-state index contributed by atoms with van der Waals surface area (Å²) in [6, 6.07) is 5.58. The van der Waals surface area contributed by atoms with Gasteiger partial charge in [0.1, 0.15) is 5.76 Å². The number of furan rings is 1. The number of Topliss-reactive ketones (excluding diaryl/α,β-unsaturated/α-hetero) is 1. The van der Waals surface area contributed by atoms with E-state index >= 15 is 0 Å². The molecule has 0 amide bonds. The third-order valence-corrected chi connectivity index (χ3v) is 5.09. The maximum atomic E-state index is 13.0. The highest BCUT2D eigenvalue weighted by Gasteiger charge is 2.29. The first kappa shape index (κ1) is 17.0. The second kappa shape index (κ2) is 6.95. The molecule has 5 heteroatoms. The summed E-state index contributed by atoms with van der Waals surface area (Å²) in [4.78, 5) is 15.1. The van der Waals surface area contributed by atoms with Gasteiger partial charge in [0, 0.05) is 23.5 Å². The van der Waals surface area contributed by atoms with E-state index in [2.05, 4.69) is 9.47 Å². The third kappa shape index (κ3) is 3.32. The average Bonchev–Trinajstić information content (AvgIpc) is 3.17. The molecule has 24 heavy (non-hydrogen) atoms. The number of hydrogen-bond acceptors (Lipinski definition) is 4. The molecule has 1 fully saturated rings. The summed E-state index contributed by atoms with van der Waals surface area (Å²) in [5, 5.41) is 9.86. The summed E-state index contributed by atoms with van der Waals surface area (Å²) in [5.41, 5.74) is 2.79. The summed E-state index contributed by atoms with van der Waals surface area (Å²) in [6.07, 6.45) is 3.12. The number of likely N-dealkylation sites (tertiary alicyclic amines) is 1. The van der Waals surface area contributed by atoms with Crippen LogP contribution in [0.15, 0.2) is 28.9 Å². The molecule has 2 unspecified atom stereocenters. The van der Waals surface area contributed by atoms with Crippen LogP contribution in [-0.2, 0) is 6.54 Å². The number of β-amino-alcohol motifs (C(OH)–C–C–N with tert-alkyl or cyclic N) is 1. The molecule has 2 aromatic rings. The van der Waals surface area contributed by atoms with E-state index in [9.17, 15) is 9.90 Å². The molecular weight excluding hydrogens is 304 g/mol. The normalized spacial score (nSPS) is 20.2. The maximum Gasteiger partial charge on any atom is 0.181 e. The minimum absolute atomic E-state index is 0.128. The standard InChI is InChI=1S/C19H26N2O3/c1-13-10-18(14(2)21(13)12-17-7-5-9-24-17)19(23)15(3)20-8-4-6-16(22)11-20/h5,7,9-10,15-16,22H,4,6,8,11-12H2,1-3H3. The quantitative estimate of drug-likeness (QED) is 0.857. The first-order valence-corrected chi connectivity index (χ1v) is 8.63. The fourth-order valence-electron chi connectivity index (χ4n) is 3.58. The molecule has 1 N–H and O–H groups in total. The Morgan fingerprint density at radius 3 is 2.92 bits per heavy atom. The van der Waals surface area contributed by atoms with Gasteiger partial charge in [0.05, 0.1) is 25.0 Å². The topological polar surface area (TPSA) is 58.6 Å². The smallest absolute Gasteiger partial charge is 0.181 e. The lowest BCUT2D eigenvalue weighted by molar-refractivity contribution is 0.0454. The van der Waals surface area contributed by atoms with Gasteiger partial charge in [-0.25, -0.2) is 0 Å². The Balaban J connectivity index is 1.80. The molecule has 2 atom stereocenters. The number of ketones is 1. The largest absolute Gasteiger partial charge is 0.467 e. The van der Waals surface area contributed by atoms with E-state index in [0.717, 1.165) is 42.1 Å². The molecule has 3 heterocycles. The number of nitrogens with zero attached hydrogens (tertiary/aromatic N) is 2. The molecule has 0 radical (unpaired) electrons. The number of aromatic nitrogens is 1. The predicted octanol–water partition coefficient (Wildman–Crippen LogP) is 2.77. The first-order valence-electron chi connectivity index (χ1n) is 8.63. The van der Waals surface area contributed by atoms with Gasteiger partial charge < -0.3 is 14.1 Å². The van der Waals surface area contributed by atoms with Crippen LogP contribution >= 0.6 is 0 Å².